The summed E-state index contributed by atoms with van der Waals surface area (Å²) in [4.78, 5) is 6.32. The van der Waals surface area contributed by atoms with Crippen molar-refractivity contribution in [2.75, 3.05) is 13.1 Å². The lowest BCUT2D eigenvalue weighted by Gasteiger charge is -2.39. The predicted molar refractivity (Wildman–Crippen MR) is 89.4 cm³/mol. The van der Waals surface area contributed by atoms with Gasteiger partial charge in [-0.3, -0.25) is 4.90 Å². The van der Waals surface area contributed by atoms with Crippen LogP contribution in [0.2, 0.25) is 0 Å². The third-order valence-electron chi connectivity index (χ3n) is 5.55. The molecule has 1 saturated heterocycles. The third-order valence-corrected chi connectivity index (χ3v) is 5.55. The molecule has 1 N–H and O–H groups in total. The molecule has 0 radical (unpaired) electrons. The lowest BCUT2D eigenvalue weighted by Crippen LogP contribution is -2.43. The quantitative estimate of drug-likeness (QED) is 0.828. The minimum Gasteiger partial charge on any atom is -0.355 e. The van der Waals surface area contributed by atoms with Gasteiger partial charge in [-0.25, -0.2) is 0 Å². The highest BCUT2D eigenvalue weighted by Crippen LogP contribution is 2.38. The number of hydrogen-bond donors (Lipinski definition) is 1. The second-order valence-electron chi connectivity index (χ2n) is 6.66. The average Bonchev–Trinajstić information content (AvgIpc) is 2.84. The minimum atomic E-state index is 0.544. The molecule has 0 unspecified atom stereocenters. The average molecular weight is 280 g/mol. The molecule has 2 heteroatoms. The van der Waals surface area contributed by atoms with Crippen LogP contribution in [-0.4, -0.2) is 29.0 Å². The molecule has 2 atom stereocenters. The first-order valence-electron chi connectivity index (χ1n) is 8.30. The molecule has 0 spiro atoms. The van der Waals surface area contributed by atoms with Crippen LogP contribution in [0.1, 0.15) is 37.4 Å². The van der Waals surface area contributed by atoms with E-state index in [-0.39, 0.29) is 0 Å². The second kappa shape index (κ2) is 5.03. The van der Waals surface area contributed by atoms with E-state index in [9.17, 15) is 0 Å². The fourth-order valence-corrected chi connectivity index (χ4v) is 4.26. The standard InChI is InChI=1S/C19H24N2/c1-3-14-8-9-18-13(2)19-16(10-11-21(18)12-14)15-6-4-5-7-17(15)20-19/h4-7,14,18,20H,2-3,8-12H2,1H3/t14-,18+/m1/s1. The summed E-state index contributed by atoms with van der Waals surface area (Å²) in [6.07, 6.45) is 5.08. The molecular weight excluding hydrogens is 256 g/mol. The molecule has 3 heterocycles. The highest BCUT2D eigenvalue weighted by molar-refractivity contribution is 5.90. The number of piperidine rings is 1. The van der Waals surface area contributed by atoms with Crippen molar-refractivity contribution in [1.82, 2.24) is 9.88 Å². The number of rotatable bonds is 1. The van der Waals surface area contributed by atoms with Gasteiger partial charge in [0.25, 0.3) is 0 Å². The number of nitrogens with zero attached hydrogens (tertiary/aromatic N) is 1. The Bertz CT molecular complexity index is 682. The summed E-state index contributed by atoms with van der Waals surface area (Å²) < 4.78 is 0. The number of nitrogens with one attached hydrogen (secondary N) is 1. The van der Waals surface area contributed by atoms with Crippen LogP contribution in [0.3, 0.4) is 0 Å². The molecule has 2 nitrogen and oxygen atoms in total. The predicted octanol–water partition coefficient (Wildman–Crippen LogP) is 4.23. The van der Waals surface area contributed by atoms with E-state index >= 15 is 0 Å². The highest BCUT2D eigenvalue weighted by atomic mass is 15.2. The first-order chi connectivity index (χ1) is 10.3. The number of H-pyrrole nitrogens is 1. The molecule has 2 aliphatic heterocycles. The zero-order chi connectivity index (χ0) is 14.4. The summed E-state index contributed by atoms with van der Waals surface area (Å²) >= 11 is 0. The Morgan fingerprint density at radius 2 is 2.14 bits per heavy atom. The van der Waals surface area contributed by atoms with Crippen LogP contribution in [0.4, 0.5) is 0 Å². The fraction of sp³-hybridized carbons (Fsp3) is 0.474. The van der Waals surface area contributed by atoms with Gasteiger partial charge < -0.3 is 4.98 Å². The zero-order valence-corrected chi connectivity index (χ0v) is 12.9. The van der Waals surface area contributed by atoms with E-state index in [0.717, 1.165) is 12.3 Å². The molecule has 1 aromatic carbocycles. The van der Waals surface area contributed by atoms with Crippen molar-refractivity contribution in [2.24, 2.45) is 5.92 Å². The van der Waals surface area contributed by atoms with E-state index in [0.29, 0.717) is 6.04 Å². The molecular formula is C19H24N2. The van der Waals surface area contributed by atoms with Crippen molar-refractivity contribution < 1.29 is 0 Å². The Labute approximate surface area is 126 Å². The molecule has 2 aromatic rings. The smallest absolute Gasteiger partial charge is 0.0466 e. The van der Waals surface area contributed by atoms with Crippen LogP contribution in [0.5, 0.6) is 0 Å². The SMILES string of the molecule is C=C1c2[nH]c3ccccc3c2CCN2C[C@H](CC)CC[C@@H]12. The number of hydrogen-bond acceptors (Lipinski definition) is 1. The summed E-state index contributed by atoms with van der Waals surface area (Å²) in [6.45, 7) is 9.23. The van der Waals surface area contributed by atoms with E-state index in [1.54, 1.807) is 0 Å². The number of aromatic amines is 1. The summed E-state index contributed by atoms with van der Waals surface area (Å²) in [5, 5.41) is 1.39. The molecule has 21 heavy (non-hydrogen) atoms. The largest absolute Gasteiger partial charge is 0.355 e. The molecule has 0 bridgehead atoms. The summed E-state index contributed by atoms with van der Waals surface area (Å²) in [6, 6.07) is 9.23. The van der Waals surface area contributed by atoms with E-state index in [4.69, 9.17) is 0 Å². The van der Waals surface area contributed by atoms with Gasteiger partial charge >= 0.3 is 0 Å². The first kappa shape index (κ1) is 13.1. The molecule has 110 valence electrons. The van der Waals surface area contributed by atoms with Crippen LogP contribution in [0.25, 0.3) is 16.5 Å². The Hall–Kier alpha value is -1.54. The fourth-order valence-electron chi connectivity index (χ4n) is 4.26. The molecule has 1 aromatic heterocycles. The lowest BCUT2D eigenvalue weighted by atomic mass is 9.87. The van der Waals surface area contributed by atoms with Gasteiger partial charge in [-0.2, -0.15) is 0 Å². The van der Waals surface area contributed by atoms with Crippen LogP contribution >= 0.6 is 0 Å². The Morgan fingerprint density at radius 1 is 1.29 bits per heavy atom. The van der Waals surface area contributed by atoms with E-state index < -0.39 is 0 Å². The van der Waals surface area contributed by atoms with Gasteiger partial charge in [0, 0.05) is 35.7 Å². The van der Waals surface area contributed by atoms with Crippen LogP contribution in [-0.2, 0) is 6.42 Å². The summed E-state index contributed by atoms with van der Waals surface area (Å²) in [7, 11) is 0. The van der Waals surface area contributed by atoms with Gasteiger partial charge in [0.15, 0.2) is 0 Å². The second-order valence-corrected chi connectivity index (χ2v) is 6.66. The van der Waals surface area contributed by atoms with Gasteiger partial charge in [-0.1, -0.05) is 38.1 Å². The first-order valence-corrected chi connectivity index (χ1v) is 8.30. The monoisotopic (exact) mass is 280 g/mol. The van der Waals surface area contributed by atoms with E-state index in [1.807, 2.05) is 0 Å². The van der Waals surface area contributed by atoms with Gasteiger partial charge in [0.1, 0.15) is 0 Å². The topological polar surface area (TPSA) is 19.0 Å². The van der Waals surface area contributed by atoms with Crippen molar-refractivity contribution >= 4 is 16.5 Å². The van der Waals surface area contributed by atoms with Gasteiger partial charge in [-0.05, 0) is 42.4 Å². The molecule has 0 saturated carbocycles. The normalized spacial score (nSPS) is 26.4. The minimum absolute atomic E-state index is 0.544. The zero-order valence-electron chi connectivity index (χ0n) is 12.9. The maximum Gasteiger partial charge on any atom is 0.0466 e. The van der Waals surface area contributed by atoms with Crippen LogP contribution < -0.4 is 0 Å². The third kappa shape index (κ3) is 2.04. The Kier molecular flexibility index (Phi) is 3.15. The highest BCUT2D eigenvalue weighted by Gasteiger charge is 2.33. The number of benzene rings is 1. The van der Waals surface area contributed by atoms with E-state index in [1.165, 1.54) is 60.1 Å². The summed E-state index contributed by atoms with van der Waals surface area (Å²) in [5.74, 6) is 0.877. The number of para-hydroxylation sites is 1. The maximum absolute atomic E-state index is 4.47. The van der Waals surface area contributed by atoms with Crippen molar-refractivity contribution in [3.05, 3.63) is 42.1 Å². The van der Waals surface area contributed by atoms with Gasteiger partial charge in [-0.15, -0.1) is 0 Å². The Morgan fingerprint density at radius 3 is 3.00 bits per heavy atom. The van der Waals surface area contributed by atoms with Crippen LogP contribution in [0, 0.1) is 5.92 Å². The van der Waals surface area contributed by atoms with Gasteiger partial charge in [0.05, 0.1) is 0 Å². The Balaban J connectivity index is 1.75. The van der Waals surface area contributed by atoms with Crippen molar-refractivity contribution in [3.63, 3.8) is 0 Å². The lowest BCUT2D eigenvalue weighted by molar-refractivity contribution is 0.141. The van der Waals surface area contributed by atoms with Crippen molar-refractivity contribution in [3.8, 4) is 0 Å². The summed E-state index contributed by atoms with van der Waals surface area (Å²) in [5.41, 5.74) is 5.38. The van der Waals surface area contributed by atoms with Crippen molar-refractivity contribution in [2.45, 2.75) is 38.6 Å². The molecule has 0 amide bonds. The molecule has 0 aliphatic carbocycles. The van der Waals surface area contributed by atoms with E-state index in [2.05, 4.69) is 47.7 Å². The number of aromatic nitrogens is 1. The molecule has 4 rings (SSSR count). The number of fused-ring (bicyclic) bond motifs is 4. The molecule has 1 fully saturated rings. The van der Waals surface area contributed by atoms with Crippen molar-refractivity contribution in [1.29, 1.82) is 0 Å². The maximum atomic E-state index is 4.47. The van der Waals surface area contributed by atoms with Crippen LogP contribution in [0.15, 0.2) is 30.8 Å². The molecule has 2 aliphatic rings. The van der Waals surface area contributed by atoms with Gasteiger partial charge in [0.2, 0.25) is 0 Å².